The average molecular weight is 963 g/mol. The summed E-state index contributed by atoms with van der Waals surface area (Å²) in [4.78, 5) is 24.2. The molecular weight excluding hydrogens is 917 g/mol. The van der Waals surface area contributed by atoms with Crippen LogP contribution in [0.3, 0.4) is 0 Å². The Balaban J connectivity index is 1.09. The molecule has 7 heterocycles. The van der Waals surface area contributed by atoms with E-state index in [0.717, 1.165) is 133 Å². The van der Waals surface area contributed by atoms with Gasteiger partial charge in [0.1, 0.15) is 11.2 Å². The number of hydrogen-bond donors (Lipinski definition) is 0. The highest BCUT2D eigenvalue weighted by molar-refractivity contribution is 6.25. The minimum atomic E-state index is -0.828. The SMILES string of the molecule is Cc1ccc2c(N3c4ccccc4C(c4cccnc4)(c4cccnc4)c4cc5c(cc43)oc3ccccc35)c3cc(C)ccc3c(N3c4ccccc4C(c4cccnc4)(c4cccnc4)c4ccccc43)c2c1. The molecule has 0 radical (unpaired) electrons. The zero-order valence-corrected chi connectivity index (χ0v) is 41.2. The van der Waals surface area contributed by atoms with E-state index in [1.807, 2.05) is 79.9 Å². The summed E-state index contributed by atoms with van der Waals surface area (Å²) < 4.78 is 6.86. The minimum absolute atomic E-state index is 0.734. The summed E-state index contributed by atoms with van der Waals surface area (Å²) >= 11 is 0. The third kappa shape index (κ3) is 5.97. The molecular formula is C68H46N6O. The number of para-hydroxylation sites is 4. The molecule has 8 aromatic carbocycles. The fourth-order valence-corrected chi connectivity index (χ4v) is 13.0. The minimum Gasteiger partial charge on any atom is -0.456 e. The normalized spacial score (nSPS) is 14.2. The first-order valence-corrected chi connectivity index (χ1v) is 25.5. The fourth-order valence-electron chi connectivity index (χ4n) is 13.0. The standard InChI is InChI=1S/C68H46N6O/c1-43-28-30-51-53(35-43)65(73-59-23-7-4-20-55(59)67(45-15-11-31-69-39-45,46-16-12-32-70-40-46)56-21-5-8-24-60(56)73)50-29-27-44(2)36-54(50)66(51)74-61-25-9-6-22-57(61)68(47-17-13-33-71-41-47,48-18-14-34-72-42-48)58-37-52-49-19-3-10-26-63(49)75-64(52)38-62(58)74/h3-42H,1-2H3. The van der Waals surface area contributed by atoms with E-state index in [-0.39, 0.29) is 0 Å². The fraction of sp³-hybridized carbons (Fsp3) is 0.0588. The summed E-state index contributed by atoms with van der Waals surface area (Å²) in [5, 5.41) is 6.59. The monoisotopic (exact) mass is 962 g/mol. The van der Waals surface area contributed by atoms with Gasteiger partial charge in [0.2, 0.25) is 0 Å². The molecule has 15 rings (SSSR count). The van der Waals surface area contributed by atoms with E-state index >= 15 is 0 Å². The van der Waals surface area contributed by atoms with Gasteiger partial charge >= 0.3 is 0 Å². The van der Waals surface area contributed by atoms with Gasteiger partial charge in [0.15, 0.2) is 0 Å². The van der Waals surface area contributed by atoms with Crippen molar-refractivity contribution in [1.29, 1.82) is 0 Å². The number of aromatic nitrogens is 4. The highest BCUT2D eigenvalue weighted by Gasteiger charge is 2.50. The number of pyridine rings is 4. The third-order valence-electron chi connectivity index (χ3n) is 16.0. The summed E-state index contributed by atoms with van der Waals surface area (Å²) in [5.74, 6) is 0. The van der Waals surface area contributed by atoms with Crippen LogP contribution in [-0.2, 0) is 10.8 Å². The molecule has 7 heteroatoms. The van der Waals surface area contributed by atoms with E-state index in [1.165, 1.54) is 0 Å². The van der Waals surface area contributed by atoms with Crippen LogP contribution in [0.5, 0.6) is 0 Å². The van der Waals surface area contributed by atoms with E-state index in [1.54, 1.807) is 0 Å². The molecule has 75 heavy (non-hydrogen) atoms. The second-order valence-electron chi connectivity index (χ2n) is 19.9. The Morgan fingerprint density at radius 3 is 1.19 bits per heavy atom. The van der Waals surface area contributed by atoms with Crippen LogP contribution >= 0.6 is 0 Å². The lowest BCUT2D eigenvalue weighted by molar-refractivity contribution is 0.667. The molecule has 0 N–H and O–H groups in total. The lowest BCUT2D eigenvalue weighted by atomic mass is 9.62. The topological polar surface area (TPSA) is 71.2 Å². The number of nitrogens with zero attached hydrogens (tertiary/aromatic N) is 6. The Morgan fingerprint density at radius 1 is 0.320 bits per heavy atom. The molecule has 7 nitrogen and oxygen atoms in total. The number of benzene rings is 8. The van der Waals surface area contributed by atoms with Crippen LogP contribution in [0, 0.1) is 13.8 Å². The Morgan fingerprint density at radius 2 is 0.733 bits per heavy atom. The molecule has 2 aliphatic rings. The first kappa shape index (κ1) is 42.9. The summed E-state index contributed by atoms with van der Waals surface area (Å²) in [6.45, 7) is 4.41. The maximum absolute atomic E-state index is 6.86. The van der Waals surface area contributed by atoms with E-state index in [2.05, 4.69) is 187 Å². The molecule has 2 aliphatic heterocycles. The summed E-state index contributed by atoms with van der Waals surface area (Å²) in [5.41, 5.74) is 17.6. The molecule has 0 aliphatic carbocycles. The van der Waals surface area contributed by atoms with Gasteiger partial charge in [0.25, 0.3) is 0 Å². The highest BCUT2D eigenvalue weighted by atomic mass is 16.3. The lowest BCUT2D eigenvalue weighted by Crippen LogP contribution is -2.38. The van der Waals surface area contributed by atoms with Crippen LogP contribution in [-0.4, -0.2) is 19.9 Å². The smallest absolute Gasteiger partial charge is 0.137 e. The van der Waals surface area contributed by atoms with Gasteiger partial charge in [-0.05, 0) is 125 Å². The van der Waals surface area contributed by atoms with Gasteiger partial charge in [-0.2, -0.15) is 0 Å². The van der Waals surface area contributed by atoms with Gasteiger partial charge < -0.3 is 14.2 Å². The summed E-state index contributed by atoms with van der Waals surface area (Å²) in [6, 6.07) is 70.8. The van der Waals surface area contributed by atoms with E-state index in [9.17, 15) is 0 Å². The van der Waals surface area contributed by atoms with Crippen LogP contribution in [0.15, 0.2) is 248 Å². The van der Waals surface area contributed by atoms with Crippen LogP contribution in [0.1, 0.15) is 55.6 Å². The van der Waals surface area contributed by atoms with Crippen molar-refractivity contribution in [2.24, 2.45) is 0 Å². The Labute approximate surface area is 433 Å². The van der Waals surface area contributed by atoms with Crippen LogP contribution in [0.25, 0.3) is 43.5 Å². The molecule has 0 amide bonds. The van der Waals surface area contributed by atoms with Gasteiger partial charge in [-0.15, -0.1) is 0 Å². The summed E-state index contributed by atoms with van der Waals surface area (Å²) in [7, 11) is 0. The first-order valence-electron chi connectivity index (χ1n) is 25.5. The third-order valence-corrected chi connectivity index (χ3v) is 16.0. The predicted octanol–water partition coefficient (Wildman–Crippen LogP) is 16.4. The van der Waals surface area contributed by atoms with Crippen molar-refractivity contribution in [2.75, 3.05) is 9.80 Å². The molecule has 0 saturated heterocycles. The van der Waals surface area contributed by atoms with E-state index in [4.69, 9.17) is 24.4 Å². The highest BCUT2D eigenvalue weighted by Crippen LogP contribution is 2.63. The molecule has 0 fully saturated rings. The molecule has 0 bridgehead atoms. The van der Waals surface area contributed by atoms with Crippen molar-refractivity contribution in [2.45, 2.75) is 24.7 Å². The first-order chi connectivity index (χ1) is 37.0. The van der Waals surface area contributed by atoms with Gasteiger partial charge in [-0.25, -0.2) is 0 Å². The van der Waals surface area contributed by atoms with Crippen molar-refractivity contribution >= 4 is 77.6 Å². The molecule has 0 atom stereocenters. The zero-order chi connectivity index (χ0) is 49.8. The van der Waals surface area contributed by atoms with E-state index < -0.39 is 10.8 Å². The molecule has 0 unspecified atom stereocenters. The largest absolute Gasteiger partial charge is 0.456 e. The van der Waals surface area contributed by atoms with Crippen LogP contribution in [0.4, 0.5) is 34.1 Å². The predicted molar refractivity (Wildman–Crippen MR) is 302 cm³/mol. The zero-order valence-electron chi connectivity index (χ0n) is 41.2. The van der Waals surface area contributed by atoms with Gasteiger partial charge in [-0.3, -0.25) is 19.9 Å². The second kappa shape index (κ2) is 16.4. The number of hydrogen-bond acceptors (Lipinski definition) is 7. The quantitative estimate of drug-likeness (QED) is 0.154. The number of fused-ring (bicyclic) bond motifs is 9. The molecule has 0 spiro atoms. The van der Waals surface area contributed by atoms with Gasteiger partial charge in [0, 0.05) is 88.0 Å². The number of rotatable bonds is 6. The Bertz CT molecular complexity index is 4280. The average Bonchev–Trinajstić information content (AvgIpc) is 3.96. The van der Waals surface area contributed by atoms with Crippen molar-refractivity contribution < 1.29 is 4.42 Å². The lowest BCUT2D eigenvalue weighted by Gasteiger charge is -2.47. The molecule has 354 valence electrons. The molecule has 13 aromatic rings. The van der Waals surface area contributed by atoms with Crippen LogP contribution < -0.4 is 9.80 Å². The summed E-state index contributed by atoms with van der Waals surface area (Å²) in [6.07, 6.45) is 15.5. The van der Waals surface area contributed by atoms with Crippen molar-refractivity contribution in [3.8, 4) is 0 Å². The number of furan rings is 1. The van der Waals surface area contributed by atoms with Crippen molar-refractivity contribution in [3.05, 3.63) is 299 Å². The van der Waals surface area contributed by atoms with E-state index in [0.29, 0.717) is 0 Å². The Kier molecular flexibility index (Phi) is 9.38. The van der Waals surface area contributed by atoms with Crippen molar-refractivity contribution in [3.63, 3.8) is 0 Å². The van der Waals surface area contributed by atoms with Crippen LogP contribution in [0.2, 0.25) is 0 Å². The second-order valence-corrected chi connectivity index (χ2v) is 19.9. The van der Waals surface area contributed by atoms with Gasteiger partial charge in [0.05, 0.1) is 45.0 Å². The maximum Gasteiger partial charge on any atom is 0.137 e. The molecule has 0 saturated carbocycles. The van der Waals surface area contributed by atoms with Gasteiger partial charge in [-0.1, -0.05) is 132 Å². The number of anilines is 6. The number of aryl methyl sites for hydroxylation is 2. The maximum atomic E-state index is 6.86. The van der Waals surface area contributed by atoms with Crippen molar-refractivity contribution in [1.82, 2.24) is 19.9 Å². The molecule has 5 aromatic heterocycles. The Hall–Kier alpha value is -9.72.